The summed E-state index contributed by atoms with van der Waals surface area (Å²) in [6.07, 6.45) is 1.83. The smallest absolute Gasteiger partial charge is 0.341 e. The number of benzene rings is 1. The molecule has 2 rings (SSSR count). The molecule has 26 heavy (non-hydrogen) atoms. The summed E-state index contributed by atoms with van der Waals surface area (Å²) in [6, 6.07) is 5.51. The van der Waals surface area contributed by atoms with Crippen LogP contribution in [-0.4, -0.2) is 45.7 Å². The number of amidine groups is 1. The number of hydrogen-bond donors (Lipinski definition) is 1. The molecule has 0 spiro atoms. The normalized spacial score (nSPS) is 17.8. The van der Waals surface area contributed by atoms with Gasteiger partial charge in [-0.3, -0.25) is 14.7 Å². The standard InChI is InChI=1S/C18H21IN2O4S/c1-10(2)20-18-21(11(3)4)17(24)15(26-18)8-12-5-6-14(13(19)7-12)25-9-16(22)23/h5-8,10-11H,9H2,1-4H3,(H,22,23)/b15-8+,20-18?. The minimum atomic E-state index is -1.02. The summed E-state index contributed by atoms with van der Waals surface area (Å²) in [4.78, 5) is 30.2. The fraction of sp³-hybridized carbons (Fsp3) is 0.389. The monoisotopic (exact) mass is 488 g/mol. The molecule has 0 aliphatic carbocycles. The van der Waals surface area contributed by atoms with Crippen molar-refractivity contribution >= 4 is 57.5 Å². The lowest BCUT2D eigenvalue weighted by Crippen LogP contribution is -2.35. The van der Waals surface area contributed by atoms with Gasteiger partial charge >= 0.3 is 5.97 Å². The molecule has 1 aliphatic heterocycles. The van der Waals surface area contributed by atoms with Gasteiger partial charge in [-0.15, -0.1) is 0 Å². The van der Waals surface area contributed by atoms with Gasteiger partial charge in [0.15, 0.2) is 11.8 Å². The summed E-state index contributed by atoms with van der Waals surface area (Å²) >= 11 is 3.47. The van der Waals surface area contributed by atoms with Crippen LogP contribution < -0.4 is 4.74 Å². The summed E-state index contributed by atoms with van der Waals surface area (Å²) < 4.78 is 6.01. The SMILES string of the molecule is CC(C)N=C1S/C(=C/c2ccc(OCC(=O)O)c(I)c2)C(=O)N1C(C)C. The van der Waals surface area contributed by atoms with Crippen molar-refractivity contribution in [3.63, 3.8) is 0 Å². The maximum atomic E-state index is 12.7. The predicted molar refractivity (Wildman–Crippen MR) is 112 cm³/mol. The highest BCUT2D eigenvalue weighted by Gasteiger charge is 2.35. The van der Waals surface area contributed by atoms with E-state index in [1.807, 2.05) is 39.8 Å². The molecule has 0 aromatic heterocycles. The molecule has 1 aliphatic rings. The van der Waals surface area contributed by atoms with Crippen LogP contribution in [0.4, 0.5) is 0 Å². The summed E-state index contributed by atoms with van der Waals surface area (Å²) in [5, 5.41) is 9.43. The molecule has 0 atom stereocenters. The highest BCUT2D eigenvalue weighted by atomic mass is 127. The number of halogens is 1. The number of aliphatic carboxylic acids is 1. The maximum Gasteiger partial charge on any atom is 0.341 e. The molecule has 1 amide bonds. The van der Waals surface area contributed by atoms with Crippen molar-refractivity contribution in [2.75, 3.05) is 6.61 Å². The Morgan fingerprint density at radius 2 is 2.08 bits per heavy atom. The molecule has 1 aromatic carbocycles. The molecule has 0 radical (unpaired) electrons. The van der Waals surface area contributed by atoms with E-state index in [0.717, 1.165) is 14.3 Å². The number of thioether (sulfide) groups is 1. The minimum absolute atomic E-state index is 0.0327. The first-order chi connectivity index (χ1) is 12.2. The van der Waals surface area contributed by atoms with E-state index >= 15 is 0 Å². The molecule has 0 unspecified atom stereocenters. The van der Waals surface area contributed by atoms with Gasteiger partial charge in [0.05, 0.1) is 8.48 Å². The number of amides is 1. The van der Waals surface area contributed by atoms with Gasteiger partial charge in [0.25, 0.3) is 5.91 Å². The number of aliphatic imine (C=N–C) groups is 1. The van der Waals surface area contributed by atoms with E-state index in [9.17, 15) is 9.59 Å². The first kappa shape index (κ1) is 20.8. The van der Waals surface area contributed by atoms with E-state index in [0.29, 0.717) is 10.7 Å². The van der Waals surface area contributed by atoms with Crippen LogP contribution >= 0.6 is 34.4 Å². The molecule has 1 saturated heterocycles. The molecule has 1 fully saturated rings. The fourth-order valence-corrected chi connectivity index (χ4v) is 4.20. The van der Waals surface area contributed by atoms with Gasteiger partial charge in [0, 0.05) is 12.1 Å². The van der Waals surface area contributed by atoms with Crippen molar-refractivity contribution in [2.24, 2.45) is 4.99 Å². The van der Waals surface area contributed by atoms with Gasteiger partial charge < -0.3 is 9.84 Å². The Bertz CT molecular complexity index is 774. The Balaban J connectivity index is 2.27. The van der Waals surface area contributed by atoms with Gasteiger partial charge in [0.1, 0.15) is 5.75 Å². The zero-order chi connectivity index (χ0) is 19.4. The molecular weight excluding hydrogens is 467 g/mol. The second-order valence-corrected chi connectivity index (χ2v) is 8.43. The van der Waals surface area contributed by atoms with Gasteiger partial charge in [0.2, 0.25) is 0 Å². The molecule has 1 aromatic rings. The fourth-order valence-electron chi connectivity index (χ4n) is 2.27. The summed E-state index contributed by atoms with van der Waals surface area (Å²) in [7, 11) is 0. The molecule has 0 bridgehead atoms. The average molecular weight is 488 g/mol. The highest BCUT2D eigenvalue weighted by Crippen LogP contribution is 2.35. The van der Waals surface area contributed by atoms with Crippen LogP contribution in [0.5, 0.6) is 5.75 Å². The van der Waals surface area contributed by atoms with Crippen molar-refractivity contribution in [1.82, 2.24) is 4.90 Å². The van der Waals surface area contributed by atoms with E-state index < -0.39 is 5.97 Å². The van der Waals surface area contributed by atoms with Gasteiger partial charge in [-0.2, -0.15) is 0 Å². The number of nitrogens with zero attached hydrogens (tertiary/aromatic N) is 2. The maximum absolute atomic E-state index is 12.7. The van der Waals surface area contributed by atoms with Crippen LogP contribution in [0.15, 0.2) is 28.1 Å². The lowest BCUT2D eigenvalue weighted by molar-refractivity contribution is -0.139. The van der Waals surface area contributed by atoms with Crippen molar-refractivity contribution in [1.29, 1.82) is 0 Å². The third kappa shape index (κ3) is 5.23. The summed E-state index contributed by atoms with van der Waals surface area (Å²) in [6.45, 7) is 7.51. The van der Waals surface area contributed by atoms with Crippen LogP contribution in [0.3, 0.4) is 0 Å². The van der Waals surface area contributed by atoms with Gasteiger partial charge in [-0.05, 0) is 85.8 Å². The van der Waals surface area contributed by atoms with Crippen molar-refractivity contribution in [2.45, 2.75) is 39.8 Å². The Kier molecular flexibility index (Phi) is 7.10. The number of rotatable bonds is 6. The van der Waals surface area contributed by atoms with Gasteiger partial charge in [-0.1, -0.05) is 6.07 Å². The third-order valence-electron chi connectivity index (χ3n) is 3.33. The molecular formula is C18H21IN2O4S. The second-order valence-electron chi connectivity index (χ2n) is 6.26. The van der Waals surface area contributed by atoms with Crippen molar-refractivity contribution in [3.8, 4) is 5.75 Å². The number of carboxylic acid groups (broad SMARTS) is 1. The van der Waals surface area contributed by atoms with Crippen LogP contribution in [0.1, 0.15) is 33.3 Å². The third-order valence-corrected chi connectivity index (χ3v) is 5.17. The van der Waals surface area contributed by atoms with Crippen LogP contribution in [0.2, 0.25) is 0 Å². The molecule has 1 N–H and O–H groups in total. The zero-order valence-corrected chi connectivity index (χ0v) is 18.0. The van der Waals surface area contributed by atoms with E-state index in [2.05, 4.69) is 27.6 Å². The highest BCUT2D eigenvalue weighted by molar-refractivity contribution is 14.1. The number of ether oxygens (including phenoxy) is 1. The Hall–Kier alpha value is -1.55. The van der Waals surface area contributed by atoms with E-state index in [-0.39, 0.29) is 24.6 Å². The Morgan fingerprint density at radius 3 is 2.62 bits per heavy atom. The molecule has 6 nitrogen and oxygen atoms in total. The molecule has 1 heterocycles. The number of carboxylic acids is 1. The summed E-state index contributed by atoms with van der Waals surface area (Å²) in [5.41, 5.74) is 0.849. The lowest BCUT2D eigenvalue weighted by Gasteiger charge is -2.20. The first-order valence-electron chi connectivity index (χ1n) is 8.14. The Labute approximate surface area is 170 Å². The second kappa shape index (κ2) is 8.90. The van der Waals surface area contributed by atoms with Crippen molar-refractivity contribution in [3.05, 3.63) is 32.2 Å². The number of hydrogen-bond acceptors (Lipinski definition) is 5. The first-order valence-corrected chi connectivity index (χ1v) is 10.0. The van der Waals surface area contributed by atoms with E-state index in [1.54, 1.807) is 17.0 Å². The largest absolute Gasteiger partial charge is 0.481 e. The van der Waals surface area contributed by atoms with E-state index in [1.165, 1.54) is 11.8 Å². The van der Waals surface area contributed by atoms with E-state index in [4.69, 9.17) is 9.84 Å². The van der Waals surface area contributed by atoms with Crippen LogP contribution in [-0.2, 0) is 9.59 Å². The average Bonchev–Trinajstić information content (AvgIpc) is 2.81. The zero-order valence-electron chi connectivity index (χ0n) is 15.0. The van der Waals surface area contributed by atoms with Crippen LogP contribution in [0, 0.1) is 3.57 Å². The minimum Gasteiger partial charge on any atom is -0.481 e. The number of carbonyl (C=O) groups is 2. The Morgan fingerprint density at radius 1 is 1.38 bits per heavy atom. The number of carbonyl (C=O) groups excluding carboxylic acids is 1. The quantitative estimate of drug-likeness (QED) is 0.487. The van der Waals surface area contributed by atoms with Crippen LogP contribution in [0.25, 0.3) is 6.08 Å². The topological polar surface area (TPSA) is 79.2 Å². The molecule has 140 valence electrons. The van der Waals surface area contributed by atoms with Crippen molar-refractivity contribution < 1.29 is 19.4 Å². The lowest BCUT2D eigenvalue weighted by atomic mass is 10.2. The summed E-state index contributed by atoms with van der Waals surface area (Å²) in [5.74, 6) is -0.567. The molecule has 0 saturated carbocycles. The predicted octanol–water partition coefficient (Wildman–Crippen LogP) is 3.84. The molecule has 8 heteroatoms. The van der Waals surface area contributed by atoms with Gasteiger partial charge in [-0.25, -0.2) is 4.79 Å².